The molecule has 118 valence electrons. The van der Waals surface area contributed by atoms with Crippen LogP contribution in [0.3, 0.4) is 0 Å². The molecule has 1 heterocycles. The highest BCUT2D eigenvalue weighted by Crippen LogP contribution is 2.24. The highest BCUT2D eigenvalue weighted by molar-refractivity contribution is 7.10. The highest BCUT2D eigenvalue weighted by atomic mass is 32.1. The summed E-state index contributed by atoms with van der Waals surface area (Å²) < 4.78 is 5.47. The molecule has 1 aromatic heterocycles. The third kappa shape index (κ3) is 5.26. The van der Waals surface area contributed by atoms with Crippen LogP contribution in [-0.2, 0) is 21.7 Å². The molecule has 0 saturated carbocycles. The Morgan fingerprint density at radius 1 is 1.27 bits per heavy atom. The van der Waals surface area contributed by atoms with E-state index in [9.17, 15) is 9.90 Å². The monoisotopic (exact) mass is 319 g/mol. The largest absolute Gasteiger partial charge is 0.383 e. The van der Waals surface area contributed by atoms with Gasteiger partial charge < -0.3 is 15.2 Å². The molecule has 0 saturated heterocycles. The summed E-state index contributed by atoms with van der Waals surface area (Å²) >= 11 is 1.47. The Morgan fingerprint density at radius 2 is 2.05 bits per heavy atom. The van der Waals surface area contributed by atoms with Gasteiger partial charge in [0.2, 0.25) is 5.91 Å². The number of hydrogen-bond acceptors (Lipinski definition) is 4. The van der Waals surface area contributed by atoms with Crippen LogP contribution < -0.4 is 5.32 Å². The Labute approximate surface area is 134 Å². The van der Waals surface area contributed by atoms with Gasteiger partial charge >= 0.3 is 0 Å². The Morgan fingerprint density at radius 3 is 2.73 bits per heavy atom. The Balaban J connectivity index is 1.64. The van der Waals surface area contributed by atoms with Crippen LogP contribution >= 0.6 is 11.3 Å². The number of carbonyl (C=O) groups is 1. The van der Waals surface area contributed by atoms with Gasteiger partial charge in [0.1, 0.15) is 5.60 Å². The van der Waals surface area contributed by atoms with E-state index in [2.05, 4.69) is 5.32 Å². The predicted molar refractivity (Wildman–Crippen MR) is 87.6 cm³/mol. The van der Waals surface area contributed by atoms with E-state index in [-0.39, 0.29) is 18.9 Å². The van der Waals surface area contributed by atoms with Crippen molar-refractivity contribution >= 4 is 17.2 Å². The first-order valence-electron chi connectivity index (χ1n) is 7.23. The summed E-state index contributed by atoms with van der Waals surface area (Å²) in [6, 6.07) is 13.6. The number of rotatable bonds is 8. The van der Waals surface area contributed by atoms with E-state index in [1.54, 1.807) is 6.92 Å². The molecular weight excluding hydrogens is 298 g/mol. The van der Waals surface area contributed by atoms with Crippen LogP contribution in [0.1, 0.15) is 23.8 Å². The zero-order valence-electron chi connectivity index (χ0n) is 12.6. The van der Waals surface area contributed by atoms with Crippen molar-refractivity contribution in [3.05, 3.63) is 58.3 Å². The van der Waals surface area contributed by atoms with Crippen molar-refractivity contribution in [2.45, 2.75) is 25.6 Å². The first-order valence-corrected chi connectivity index (χ1v) is 8.10. The van der Waals surface area contributed by atoms with Crippen molar-refractivity contribution < 1.29 is 14.6 Å². The van der Waals surface area contributed by atoms with Crippen molar-refractivity contribution in [2.24, 2.45) is 0 Å². The zero-order valence-corrected chi connectivity index (χ0v) is 13.4. The minimum atomic E-state index is -1.03. The molecule has 2 rings (SSSR count). The molecular formula is C17H21NO3S. The third-order valence-electron chi connectivity index (χ3n) is 3.27. The summed E-state index contributed by atoms with van der Waals surface area (Å²) in [4.78, 5) is 12.6. The second kappa shape index (κ2) is 8.08. The van der Waals surface area contributed by atoms with Crippen LogP contribution in [0.5, 0.6) is 0 Å². The fourth-order valence-electron chi connectivity index (χ4n) is 1.96. The molecule has 22 heavy (non-hydrogen) atoms. The van der Waals surface area contributed by atoms with E-state index in [4.69, 9.17) is 4.74 Å². The number of carbonyl (C=O) groups excluding carboxylic acids is 1. The summed E-state index contributed by atoms with van der Waals surface area (Å²) in [6.07, 6.45) is 0.285. The van der Waals surface area contributed by atoms with Crippen LogP contribution in [0, 0.1) is 0 Å². The molecule has 2 aromatic rings. The second-order valence-corrected chi connectivity index (χ2v) is 6.26. The molecule has 2 N–H and O–H groups in total. The van der Waals surface area contributed by atoms with E-state index >= 15 is 0 Å². The maximum atomic E-state index is 11.8. The van der Waals surface area contributed by atoms with Crippen molar-refractivity contribution in [3.8, 4) is 0 Å². The number of ether oxygens (including phenoxy) is 1. The van der Waals surface area contributed by atoms with Gasteiger partial charge in [-0.15, -0.1) is 11.3 Å². The van der Waals surface area contributed by atoms with Crippen LogP contribution in [0.15, 0.2) is 47.8 Å². The summed E-state index contributed by atoms with van der Waals surface area (Å²) in [7, 11) is 0. The van der Waals surface area contributed by atoms with E-state index in [0.29, 0.717) is 13.2 Å². The normalized spacial score (nSPS) is 13.5. The number of thiophene rings is 1. The Hall–Kier alpha value is -1.69. The topological polar surface area (TPSA) is 58.6 Å². The average Bonchev–Trinajstić information content (AvgIpc) is 3.06. The minimum absolute atomic E-state index is 0.120. The van der Waals surface area contributed by atoms with Crippen LogP contribution in [0.2, 0.25) is 0 Å². The number of hydrogen-bond donors (Lipinski definition) is 2. The third-order valence-corrected chi connectivity index (χ3v) is 4.39. The van der Waals surface area contributed by atoms with Gasteiger partial charge in [-0.2, -0.15) is 0 Å². The van der Waals surface area contributed by atoms with Crippen molar-refractivity contribution in [1.29, 1.82) is 0 Å². The quantitative estimate of drug-likeness (QED) is 0.736. The van der Waals surface area contributed by atoms with E-state index in [0.717, 1.165) is 10.4 Å². The van der Waals surface area contributed by atoms with Gasteiger partial charge in [-0.1, -0.05) is 36.4 Å². The maximum Gasteiger partial charge on any atom is 0.222 e. The lowest BCUT2D eigenvalue weighted by atomic mass is 10.1. The Bertz CT molecular complexity index is 567. The zero-order chi connectivity index (χ0) is 15.8. The molecule has 0 aliphatic rings. The van der Waals surface area contributed by atoms with Gasteiger partial charge in [0.15, 0.2) is 0 Å². The SMILES string of the molecule is CC(O)(CNC(=O)CCOCc1ccccc1)c1cccs1. The lowest BCUT2D eigenvalue weighted by Gasteiger charge is -2.22. The molecule has 1 aromatic carbocycles. The van der Waals surface area contributed by atoms with Crippen LogP contribution in [0.4, 0.5) is 0 Å². The van der Waals surface area contributed by atoms with E-state index in [1.165, 1.54) is 11.3 Å². The number of benzene rings is 1. The molecule has 1 unspecified atom stereocenters. The van der Waals surface area contributed by atoms with Crippen molar-refractivity contribution in [2.75, 3.05) is 13.2 Å². The predicted octanol–water partition coefficient (Wildman–Crippen LogP) is 2.68. The maximum absolute atomic E-state index is 11.8. The minimum Gasteiger partial charge on any atom is -0.383 e. The van der Waals surface area contributed by atoms with Gasteiger partial charge in [-0.3, -0.25) is 4.79 Å². The molecule has 0 aliphatic carbocycles. The lowest BCUT2D eigenvalue weighted by molar-refractivity contribution is -0.123. The molecule has 1 atom stereocenters. The van der Waals surface area contributed by atoms with Gasteiger partial charge in [0.25, 0.3) is 0 Å². The number of amides is 1. The first-order chi connectivity index (χ1) is 10.6. The van der Waals surface area contributed by atoms with Crippen LogP contribution in [-0.4, -0.2) is 24.2 Å². The molecule has 4 nitrogen and oxygen atoms in total. The fraction of sp³-hybridized carbons (Fsp3) is 0.353. The van der Waals surface area contributed by atoms with Crippen LogP contribution in [0.25, 0.3) is 0 Å². The van der Waals surface area contributed by atoms with Gasteiger partial charge in [0, 0.05) is 11.3 Å². The lowest BCUT2D eigenvalue weighted by Crippen LogP contribution is -2.38. The van der Waals surface area contributed by atoms with Gasteiger partial charge in [0.05, 0.1) is 19.8 Å². The van der Waals surface area contributed by atoms with E-state index < -0.39 is 5.60 Å². The summed E-state index contributed by atoms with van der Waals surface area (Å²) in [6.45, 7) is 2.76. The van der Waals surface area contributed by atoms with Crippen molar-refractivity contribution in [3.63, 3.8) is 0 Å². The fourth-order valence-corrected chi connectivity index (χ4v) is 2.75. The molecule has 0 spiro atoms. The Kier molecular flexibility index (Phi) is 6.12. The molecule has 0 fully saturated rings. The number of aliphatic hydroxyl groups is 1. The standard InChI is InChI=1S/C17H21NO3S/c1-17(20,15-8-5-11-22-15)13-18-16(19)9-10-21-12-14-6-3-2-4-7-14/h2-8,11,20H,9-10,12-13H2,1H3,(H,18,19). The number of nitrogens with one attached hydrogen (secondary N) is 1. The average molecular weight is 319 g/mol. The van der Waals surface area contributed by atoms with Gasteiger partial charge in [-0.05, 0) is 23.9 Å². The summed E-state index contributed by atoms with van der Waals surface area (Å²) in [5.41, 5.74) is 0.0536. The second-order valence-electron chi connectivity index (χ2n) is 5.32. The summed E-state index contributed by atoms with van der Waals surface area (Å²) in [5, 5.41) is 15.0. The van der Waals surface area contributed by atoms with Gasteiger partial charge in [-0.25, -0.2) is 0 Å². The summed E-state index contributed by atoms with van der Waals surface area (Å²) in [5.74, 6) is -0.120. The molecule has 5 heteroatoms. The first kappa shape index (κ1) is 16.7. The molecule has 0 aliphatic heterocycles. The van der Waals surface area contributed by atoms with E-state index in [1.807, 2.05) is 47.8 Å². The molecule has 0 radical (unpaired) electrons. The van der Waals surface area contributed by atoms with Crippen molar-refractivity contribution in [1.82, 2.24) is 5.32 Å². The molecule has 1 amide bonds. The highest BCUT2D eigenvalue weighted by Gasteiger charge is 2.24. The molecule has 0 bridgehead atoms. The smallest absolute Gasteiger partial charge is 0.222 e.